The molecule has 13 heteroatoms. The van der Waals surface area contributed by atoms with Crippen molar-refractivity contribution >= 4 is 22.5 Å². The van der Waals surface area contributed by atoms with Crippen LogP contribution in [-0.4, -0.2) is 61.0 Å². The highest BCUT2D eigenvalue weighted by Gasteiger charge is 2.38. The molecular weight excluding hydrogens is 330 g/mol. The van der Waals surface area contributed by atoms with E-state index in [1.54, 1.807) is 6.92 Å². The molecular formula is C8H16N2O9P2. The van der Waals surface area contributed by atoms with Crippen LogP contribution < -0.4 is 0 Å². The van der Waals surface area contributed by atoms with Crippen molar-refractivity contribution in [2.24, 2.45) is 0 Å². The zero-order chi connectivity index (χ0) is 16.2. The smallest absolute Gasteiger partial charge is 0.323 e. The number of aliphatic hydroxyl groups is 1. The lowest BCUT2D eigenvalue weighted by Gasteiger charge is -2.34. The molecule has 122 valence electrons. The predicted octanol–water partition coefficient (Wildman–Crippen LogP) is -1.05. The minimum Gasteiger partial charge on any atom is -0.480 e. The van der Waals surface area contributed by atoms with Crippen molar-refractivity contribution in [2.75, 3.05) is 13.1 Å². The zero-order valence-corrected chi connectivity index (χ0v) is 12.9. The van der Waals surface area contributed by atoms with Gasteiger partial charge in [-0.1, -0.05) is 0 Å². The number of carboxylic acid groups (broad SMARTS) is 1. The average molecular weight is 346 g/mol. The molecule has 0 fully saturated rings. The lowest BCUT2D eigenvalue weighted by atomic mass is 10.4. The summed E-state index contributed by atoms with van der Waals surface area (Å²) in [4.78, 5) is 30.8. The van der Waals surface area contributed by atoms with Gasteiger partial charge >= 0.3 is 28.5 Å². The van der Waals surface area contributed by atoms with Crippen LogP contribution in [0.3, 0.4) is 0 Å². The van der Waals surface area contributed by atoms with Crippen molar-refractivity contribution in [1.82, 2.24) is 9.80 Å². The third-order valence-corrected chi connectivity index (χ3v) is 3.59. The third-order valence-electron chi connectivity index (χ3n) is 2.60. The number of rotatable bonds is 8. The number of β-amino-alcohol motifs (C(OH)–C–C–N with tert-alkyl or cyclic N) is 1. The topological polar surface area (TPSA) is 157 Å². The lowest BCUT2D eigenvalue weighted by molar-refractivity contribution is -0.280. The molecule has 0 aromatic rings. The van der Waals surface area contributed by atoms with Crippen molar-refractivity contribution < 1.29 is 43.0 Å². The lowest BCUT2D eigenvalue weighted by Crippen LogP contribution is -2.48. The molecule has 1 heterocycles. The third kappa shape index (κ3) is 5.76. The van der Waals surface area contributed by atoms with Gasteiger partial charge < -0.3 is 29.8 Å². The molecule has 1 aliphatic rings. The Kier molecular flexibility index (Phi) is 6.36. The van der Waals surface area contributed by atoms with Gasteiger partial charge in [0.2, 0.25) is 0 Å². The van der Waals surface area contributed by atoms with E-state index < -0.39 is 41.2 Å². The molecule has 1 aliphatic heterocycles. The van der Waals surface area contributed by atoms with Gasteiger partial charge in [-0.15, -0.1) is 0 Å². The number of hydrogen-bond donors (Lipinski definition) is 4. The largest absolute Gasteiger partial charge is 0.480 e. The van der Waals surface area contributed by atoms with Crippen LogP contribution in [-0.2, 0) is 23.0 Å². The van der Waals surface area contributed by atoms with Gasteiger partial charge in [0, 0.05) is 12.4 Å². The van der Waals surface area contributed by atoms with Crippen molar-refractivity contribution in [3.05, 3.63) is 12.4 Å². The molecule has 0 radical (unpaired) electrons. The SMILES string of the molecule is CC1N(CC(=O)O)C=CN1CC(O)(O[PH](=O)O)O[PH](=O)O. The van der Waals surface area contributed by atoms with Crippen molar-refractivity contribution in [2.45, 2.75) is 19.1 Å². The minimum absolute atomic E-state index is 0.304. The first-order valence-electron chi connectivity index (χ1n) is 5.61. The molecule has 0 amide bonds. The van der Waals surface area contributed by atoms with Gasteiger partial charge in [0.15, 0.2) is 0 Å². The summed E-state index contributed by atoms with van der Waals surface area (Å²) in [6.07, 6.45) is 2.26. The van der Waals surface area contributed by atoms with E-state index in [9.17, 15) is 19.0 Å². The van der Waals surface area contributed by atoms with Crippen LogP contribution >= 0.6 is 16.5 Å². The predicted molar refractivity (Wildman–Crippen MR) is 69.2 cm³/mol. The van der Waals surface area contributed by atoms with Crippen LogP contribution in [0.4, 0.5) is 0 Å². The van der Waals surface area contributed by atoms with Gasteiger partial charge in [0.25, 0.3) is 0 Å². The summed E-state index contributed by atoms with van der Waals surface area (Å²) < 4.78 is 29.9. The van der Waals surface area contributed by atoms with Gasteiger partial charge in [-0.25, -0.2) is 0 Å². The van der Waals surface area contributed by atoms with E-state index in [-0.39, 0.29) is 6.54 Å². The second kappa shape index (κ2) is 7.37. The van der Waals surface area contributed by atoms with Crippen LogP contribution in [0.1, 0.15) is 6.92 Å². The molecule has 21 heavy (non-hydrogen) atoms. The van der Waals surface area contributed by atoms with Crippen LogP contribution in [0.15, 0.2) is 12.4 Å². The van der Waals surface area contributed by atoms with Gasteiger partial charge in [0.05, 0.1) is 6.17 Å². The summed E-state index contributed by atoms with van der Waals surface area (Å²) in [5.74, 6) is -3.84. The first kappa shape index (κ1) is 18.1. The number of carbonyl (C=O) groups is 1. The Morgan fingerprint density at radius 2 is 1.71 bits per heavy atom. The Morgan fingerprint density at radius 1 is 1.24 bits per heavy atom. The molecule has 0 bridgehead atoms. The number of aliphatic carboxylic acids is 1. The summed E-state index contributed by atoms with van der Waals surface area (Å²) in [6, 6.07) is 0. The maximum absolute atomic E-state index is 10.7. The first-order chi connectivity index (χ1) is 9.63. The molecule has 11 nitrogen and oxygen atoms in total. The Morgan fingerprint density at radius 3 is 2.14 bits per heavy atom. The number of carboxylic acids is 1. The van der Waals surface area contributed by atoms with E-state index in [1.807, 2.05) is 0 Å². The summed E-state index contributed by atoms with van der Waals surface area (Å²) >= 11 is 0. The molecule has 0 saturated heterocycles. The molecule has 0 aromatic heterocycles. The highest BCUT2D eigenvalue weighted by Crippen LogP contribution is 2.34. The fourth-order valence-corrected chi connectivity index (χ4v) is 2.57. The van der Waals surface area contributed by atoms with Gasteiger partial charge in [-0.2, -0.15) is 0 Å². The standard InChI is InChI=1S/C8H16N2O9P2/c1-6-9(4-7(11)12)2-3-10(6)5-8(13,18-20(14)15)19-21(16)17/h2-3,6,13,20-21H,4-5H2,1H3,(H,11,12)(H,14,15)(H,16,17). The maximum atomic E-state index is 10.7. The van der Waals surface area contributed by atoms with Gasteiger partial charge in [-0.05, 0) is 6.92 Å². The summed E-state index contributed by atoms with van der Waals surface area (Å²) in [6.45, 7) is 0.712. The zero-order valence-electron chi connectivity index (χ0n) is 10.9. The fourth-order valence-electron chi connectivity index (χ4n) is 1.73. The second-order valence-corrected chi connectivity index (χ2v) is 5.59. The van der Waals surface area contributed by atoms with Crippen LogP contribution in [0.2, 0.25) is 0 Å². The van der Waals surface area contributed by atoms with Crippen molar-refractivity contribution in [1.29, 1.82) is 0 Å². The molecule has 3 atom stereocenters. The van der Waals surface area contributed by atoms with Gasteiger partial charge in [0.1, 0.15) is 13.1 Å². The van der Waals surface area contributed by atoms with E-state index in [0.717, 1.165) is 0 Å². The molecule has 0 aliphatic carbocycles. The molecule has 0 aromatic carbocycles. The maximum Gasteiger partial charge on any atom is 0.323 e. The Balaban J connectivity index is 2.76. The van der Waals surface area contributed by atoms with E-state index in [1.165, 1.54) is 22.2 Å². The number of hydrogen-bond acceptors (Lipinski definition) is 8. The normalized spacial score (nSPS) is 23.9. The average Bonchev–Trinajstić information content (AvgIpc) is 2.57. The second-order valence-electron chi connectivity index (χ2n) is 4.12. The fraction of sp³-hybridized carbons (Fsp3) is 0.625. The summed E-state index contributed by atoms with van der Waals surface area (Å²) in [5, 5.41) is 18.6. The molecule has 0 saturated carbocycles. The van der Waals surface area contributed by atoms with E-state index in [0.29, 0.717) is 0 Å². The highest BCUT2D eigenvalue weighted by atomic mass is 31.1. The molecule has 4 N–H and O–H groups in total. The van der Waals surface area contributed by atoms with E-state index in [2.05, 4.69) is 9.05 Å². The van der Waals surface area contributed by atoms with E-state index in [4.69, 9.17) is 14.9 Å². The summed E-state index contributed by atoms with van der Waals surface area (Å²) in [7, 11) is -7.29. The minimum atomic E-state index is -3.64. The first-order valence-corrected chi connectivity index (χ1v) is 8.13. The molecule has 1 rings (SSSR count). The quantitative estimate of drug-likeness (QED) is 0.314. The van der Waals surface area contributed by atoms with E-state index >= 15 is 0 Å². The monoisotopic (exact) mass is 346 g/mol. The Hall–Kier alpha value is -0.930. The highest BCUT2D eigenvalue weighted by molar-refractivity contribution is 7.33. The van der Waals surface area contributed by atoms with Crippen molar-refractivity contribution in [3.8, 4) is 0 Å². The molecule has 0 spiro atoms. The van der Waals surface area contributed by atoms with Crippen LogP contribution in [0.5, 0.6) is 0 Å². The Labute approximate surface area is 120 Å². The summed E-state index contributed by atoms with van der Waals surface area (Å²) in [5.41, 5.74) is 0. The molecule has 3 unspecified atom stereocenters. The Bertz CT molecular complexity index is 455. The van der Waals surface area contributed by atoms with Crippen molar-refractivity contribution in [3.63, 3.8) is 0 Å². The van der Waals surface area contributed by atoms with Crippen LogP contribution in [0.25, 0.3) is 0 Å². The number of nitrogens with zero attached hydrogens (tertiary/aromatic N) is 2. The van der Waals surface area contributed by atoms with Gasteiger partial charge in [-0.3, -0.25) is 23.0 Å². The van der Waals surface area contributed by atoms with Crippen LogP contribution in [0, 0.1) is 0 Å².